The smallest absolute Gasteiger partial charge is 0.352 e. The molecule has 0 saturated heterocycles. The number of benzene rings is 1. The molecule has 2 rings (SSSR count). The van der Waals surface area contributed by atoms with Crippen molar-refractivity contribution < 1.29 is 35.9 Å². The van der Waals surface area contributed by atoms with E-state index in [9.17, 15) is 35.9 Å². The molecule has 0 aromatic heterocycles. The van der Waals surface area contributed by atoms with E-state index in [1.54, 1.807) is 0 Å². The van der Waals surface area contributed by atoms with Gasteiger partial charge in [0.25, 0.3) is 5.91 Å². The molecule has 0 spiro atoms. The fourth-order valence-corrected chi connectivity index (χ4v) is 4.43. The number of hydrogen-bond donors (Lipinski definition) is 3. The lowest BCUT2D eigenvalue weighted by atomic mass is 9.82. The molecule has 1 aliphatic rings. The minimum atomic E-state index is -5.01. The molecule has 0 aliphatic heterocycles. The second kappa shape index (κ2) is 12.7. The molecule has 3 N–H and O–H groups in total. The van der Waals surface area contributed by atoms with Gasteiger partial charge in [-0.2, -0.15) is 26.3 Å². The third-order valence-corrected chi connectivity index (χ3v) is 6.95. The van der Waals surface area contributed by atoms with Crippen LogP contribution in [0.3, 0.4) is 0 Å². The first-order valence-electron chi connectivity index (χ1n) is 12.3. The van der Waals surface area contributed by atoms with E-state index in [0.717, 1.165) is 25.7 Å². The van der Waals surface area contributed by atoms with Gasteiger partial charge in [0.1, 0.15) is 5.54 Å². The van der Waals surface area contributed by atoms with Crippen LogP contribution in [0.4, 0.5) is 26.3 Å². The summed E-state index contributed by atoms with van der Waals surface area (Å²) in [7, 11) is 0. The van der Waals surface area contributed by atoms with E-state index in [1.165, 1.54) is 0 Å². The van der Waals surface area contributed by atoms with Crippen molar-refractivity contribution >= 4 is 11.8 Å². The molecule has 206 valence electrons. The Hall–Kier alpha value is -2.74. The van der Waals surface area contributed by atoms with Gasteiger partial charge in [-0.05, 0) is 75.1 Å². The van der Waals surface area contributed by atoms with Crippen molar-refractivity contribution in [2.45, 2.75) is 70.3 Å². The van der Waals surface area contributed by atoms with Gasteiger partial charge < -0.3 is 16.0 Å². The summed E-state index contributed by atoms with van der Waals surface area (Å²) >= 11 is 0. The SMILES string of the molecule is C#CC(CC)(CC)NC(=O)CNC[C@H]1CC[C@H](CNC(=O)c2cc(C(F)(F)F)cc(C(F)(F)F)c2)CC1. The molecular weight excluding hydrogens is 500 g/mol. The van der Waals surface area contributed by atoms with Gasteiger partial charge in [-0.25, -0.2) is 0 Å². The number of hydrogen-bond acceptors (Lipinski definition) is 3. The third-order valence-electron chi connectivity index (χ3n) is 6.95. The lowest BCUT2D eigenvalue weighted by Crippen LogP contribution is -2.49. The van der Waals surface area contributed by atoms with E-state index in [0.29, 0.717) is 37.4 Å². The van der Waals surface area contributed by atoms with E-state index >= 15 is 0 Å². The summed E-state index contributed by atoms with van der Waals surface area (Å²) < 4.78 is 78.2. The number of rotatable bonds is 10. The van der Waals surface area contributed by atoms with Gasteiger partial charge in [0.05, 0.1) is 17.7 Å². The maximum Gasteiger partial charge on any atom is 0.416 e. The van der Waals surface area contributed by atoms with E-state index in [2.05, 4.69) is 21.9 Å². The highest BCUT2D eigenvalue weighted by atomic mass is 19.4. The topological polar surface area (TPSA) is 70.2 Å². The molecule has 1 aromatic rings. The second-order valence-corrected chi connectivity index (χ2v) is 9.50. The second-order valence-electron chi connectivity index (χ2n) is 9.50. The normalized spacial score (nSPS) is 18.7. The van der Waals surface area contributed by atoms with Crippen LogP contribution in [0.1, 0.15) is 73.9 Å². The molecule has 1 saturated carbocycles. The molecule has 2 amide bonds. The summed E-state index contributed by atoms with van der Waals surface area (Å²) in [5.41, 5.74) is -4.38. The van der Waals surface area contributed by atoms with Crippen LogP contribution in [-0.2, 0) is 17.1 Å². The van der Waals surface area contributed by atoms with Crippen molar-refractivity contribution in [2.75, 3.05) is 19.6 Å². The lowest BCUT2D eigenvalue weighted by Gasteiger charge is -2.29. The minimum Gasteiger partial charge on any atom is -0.352 e. The standard InChI is InChI=1S/C26H33F6N3O2/c1-4-24(5-2,6-3)35-22(36)16-33-14-17-7-9-18(10-8-17)15-34-23(37)19-11-20(25(27,28)29)13-21(12-19)26(30,31)32/h1,11-13,17-18,33H,5-10,14-16H2,2-3H3,(H,34,37)(H,35,36)/t17-,18-. The first-order chi connectivity index (χ1) is 17.2. The molecular formula is C26H33F6N3O2. The zero-order valence-electron chi connectivity index (χ0n) is 20.9. The van der Waals surface area contributed by atoms with Gasteiger partial charge >= 0.3 is 12.4 Å². The van der Waals surface area contributed by atoms with Gasteiger partial charge in [0.2, 0.25) is 5.91 Å². The number of amides is 2. The van der Waals surface area contributed by atoms with Crippen LogP contribution in [0.15, 0.2) is 18.2 Å². The van der Waals surface area contributed by atoms with E-state index in [1.807, 2.05) is 13.8 Å². The Morgan fingerprint density at radius 3 is 1.81 bits per heavy atom. The molecule has 37 heavy (non-hydrogen) atoms. The largest absolute Gasteiger partial charge is 0.416 e. The molecule has 1 aromatic carbocycles. The van der Waals surface area contributed by atoms with Crippen molar-refractivity contribution in [1.29, 1.82) is 0 Å². The van der Waals surface area contributed by atoms with Crippen LogP contribution < -0.4 is 16.0 Å². The summed E-state index contributed by atoms with van der Waals surface area (Å²) in [6, 6.07) is 0.852. The Bertz CT molecular complexity index is 940. The number of nitrogens with one attached hydrogen (secondary N) is 3. The molecule has 0 radical (unpaired) electrons. The summed E-state index contributed by atoms with van der Waals surface area (Å²) in [6.45, 7) is 4.74. The number of carbonyl (C=O) groups excluding carboxylic acids is 2. The predicted molar refractivity (Wildman–Crippen MR) is 127 cm³/mol. The van der Waals surface area contributed by atoms with Gasteiger partial charge in [0, 0.05) is 12.1 Å². The number of terminal acetylenes is 1. The van der Waals surface area contributed by atoms with Crippen molar-refractivity contribution in [2.24, 2.45) is 11.8 Å². The van der Waals surface area contributed by atoms with E-state index in [4.69, 9.17) is 6.42 Å². The van der Waals surface area contributed by atoms with Crippen LogP contribution in [0.5, 0.6) is 0 Å². The monoisotopic (exact) mass is 533 g/mol. The molecule has 1 fully saturated rings. The maximum absolute atomic E-state index is 13.0. The summed E-state index contributed by atoms with van der Waals surface area (Å²) in [6.07, 6.45) is -0.110. The van der Waals surface area contributed by atoms with Crippen LogP contribution in [0.2, 0.25) is 0 Å². The van der Waals surface area contributed by atoms with E-state index < -0.39 is 40.5 Å². The average molecular weight is 534 g/mol. The fourth-order valence-electron chi connectivity index (χ4n) is 4.43. The molecule has 11 heteroatoms. The Kier molecular flexibility index (Phi) is 10.4. The Morgan fingerprint density at radius 2 is 1.38 bits per heavy atom. The predicted octanol–water partition coefficient (Wildman–Crippen LogP) is 5.16. The minimum absolute atomic E-state index is 0.00514. The molecule has 0 atom stereocenters. The first kappa shape index (κ1) is 30.5. The molecule has 0 heterocycles. The van der Waals surface area contributed by atoms with Crippen molar-refractivity contribution in [1.82, 2.24) is 16.0 Å². The van der Waals surface area contributed by atoms with Gasteiger partial charge in [-0.3, -0.25) is 9.59 Å². The van der Waals surface area contributed by atoms with Gasteiger partial charge in [0.15, 0.2) is 0 Å². The highest BCUT2D eigenvalue weighted by Gasteiger charge is 2.37. The van der Waals surface area contributed by atoms with Crippen LogP contribution in [0.25, 0.3) is 0 Å². The lowest BCUT2D eigenvalue weighted by molar-refractivity contribution is -0.143. The highest BCUT2D eigenvalue weighted by Crippen LogP contribution is 2.36. The highest BCUT2D eigenvalue weighted by molar-refractivity contribution is 5.94. The fraction of sp³-hybridized carbons (Fsp3) is 0.615. The van der Waals surface area contributed by atoms with Crippen molar-refractivity contribution in [3.05, 3.63) is 34.9 Å². The van der Waals surface area contributed by atoms with E-state index in [-0.39, 0.29) is 31.0 Å². The Balaban J connectivity index is 1.81. The summed E-state index contributed by atoms with van der Waals surface area (Å²) in [5, 5.41) is 8.50. The summed E-state index contributed by atoms with van der Waals surface area (Å²) in [4.78, 5) is 24.6. The average Bonchev–Trinajstić information content (AvgIpc) is 2.85. The molecule has 5 nitrogen and oxygen atoms in total. The Morgan fingerprint density at radius 1 is 0.892 bits per heavy atom. The molecule has 0 bridgehead atoms. The zero-order chi connectivity index (χ0) is 27.9. The molecule has 1 aliphatic carbocycles. The number of alkyl halides is 6. The first-order valence-corrected chi connectivity index (χ1v) is 12.3. The van der Waals surface area contributed by atoms with Crippen molar-refractivity contribution in [3.63, 3.8) is 0 Å². The third kappa shape index (κ3) is 8.95. The van der Waals surface area contributed by atoms with Gasteiger partial charge in [-0.1, -0.05) is 19.8 Å². The Labute approximate surface area is 213 Å². The van der Waals surface area contributed by atoms with Crippen LogP contribution >= 0.6 is 0 Å². The van der Waals surface area contributed by atoms with Crippen LogP contribution in [0, 0.1) is 24.2 Å². The van der Waals surface area contributed by atoms with Crippen LogP contribution in [-0.4, -0.2) is 37.0 Å². The van der Waals surface area contributed by atoms with Crippen molar-refractivity contribution in [3.8, 4) is 12.3 Å². The molecule has 0 unspecified atom stereocenters. The quantitative estimate of drug-likeness (QED) is 0.288. The number of halogens is 6. The van der Waals surface area contributed by atoms with Gasteiger partial charge in [-0.15, -0.1) is 6.42 Å². The summed E-state index contributed by atoms with van der Waals surface area (Å²) in [5.74, 6) is 1.86. The zero-order valence-corrected chi connectivity index (χ0v) is 20.9. The number of carbonyl (C=O) groups is 2. The maximum atomic E-state index is 13.0.